The van der Waals surface area contributed by atoms with Gasteiger partial charge in [-0.3, -0.25) is 0 Å². The second-order valence-electron chi connectivity index (χ2n) is 10.1. The van der Waals surface area contributed by atoms with Crippen molar-refractivity contribution in [2.24, 2.45) is 5.92 Å². The second-order valence-corrected chi connectivity index (χ2v) is 15.8. The molecule has 0 spiro atoms. The molecule has 4 nitrogen and oxygen atoms in total. The summed E-state index contributed by atoms with van der Waals surface area (Å²) in [4.78, 5) is 0. The Morgan fingerprint density at radius 1 is 0.969 bits per heavy atom. The Morgan fingerprint density at radius 2 is 1.59 bits per heavy atom. The first-order valence-corrected chi connectivity index (χ1v) is 14.3. The number of aromatic nitrogens is 2. The van der Waals surface area contributed by atoms with E-state index in [9.17, 15) is 0 Å². The number of rotatable bonds is 9. The summed E-state index contributed by atoms with van der Waals surface area (Å²) in [6, 6.07) is 12.3. The van der Waals surface area contributed by atoms with Crippen LogP contribution < -0.4 is 9.16 Å². The summed E-state index contributed by atoms with van der Waals surface area (Å²) in [5.41, 5.74) is 3.37. The van der Waals surface area contributed by atoms with E-state index in [1.54, 1.807) is 0 Å². The van der Waals surface area contributed by atoms with Gasteiger partial charge in [-0.2, -0.15) is 5.10 Å². The van der Waals surface area contributed by atoms with Gasteiger partial charge in [-0.25, -0.2) is 4.68 Å². The first-order chi connectivity index (χ1) is 15.2. The van der Waals surface area contributed by atoms with Crippen LogP contribution in [0.2, 0.25) is 21.6 Å². The van der Waals surface area contributed by atoms with Crippen LogP contribution in [0.1, 0.15) is 54.4 Å². The van der Waals surface area contributed by atoms with Crippen molar-refractivity contribution in [2.45, 2.75) is 71.0 Å². The van der Waals surface area contributed by atoms with Gasteiger partial charge >= 0.3 is 0 Å². The molecule has 1 heterocycles. The smallest absolute Gasteiger partial charge is 0.258 e. The zero-order valence-corrected chi connectivity index (χ0v) is 21.8. The van der Waals surface area contributed by atoms with Crippen molar-refractivity contribution in [3.05, 3.63) is 47.6 Å². The molecule has 0 radical (unpaired) electrons. The van der Waals surface area contributed by atoms with E-state index in [0.29, 0.717) is 27.6 Å². The average molecular weight is 471 g/mol. The molecule has 1 aromatic heterocycles. The largest absolute Gasteiger partial charge is 0.543 e. The van der Waals surface area contributed by atoms with E-state index in [1.165, 1.54) is 12.8 Å². The van der Waals surface area contributed by atoms with Crippen molar-refractivity contribution in [3.8, 4) is 17.2 Å². The van der Waals surface area contributed by atoms with E-state index in [2.05, 4.69) is 65.8 Å². The summed E-state index contributed by atoms with van der Waals surface area (Å²) in [6.45, 7) is 14.6. The van der Waals surface area contributed by atoms with Gasteiger partial charge in [0.2, 0.25) is 0 Å². The first-order valence-electron chi connectivity index (χ1n) is 11.8. The van der Waals surface area contributed by atoms with Crippen LogP contribution in [0.5, 0.6) is 11.5 Å². The van der Waals surface area contributed by atoms with E-state index in [-0.39, 0.29) is 0 Å². The molecule has 1 aliphatic rings. The quantitative estimate of drug-likeness (QED) is 0.297. The predicted octanol–water partition coefficient (Wildman–Crippen LogP) is 8.02. The minimum atomic E-state index is -1.97. The Kier molecular flexibility index (Phi) is 6.60. The molecule has 0 atom stereocenters. The number of fused-ring (bicyclic) bond motifs is 1. The molecule has 32 heavy (non-hydrogen) atoms. The highest BCUT2D eigenvalue weighted by Crippen LogP contribution is 2.43. The maximum absolute atomic E-state index is 6.79. The number of benzene rings is 2. The van der Waals surface area contributed by atoms with Gasteiger partial charge in [0.25, 0.3) is 8.32 Å². The van der Waals surface area contributed by atoms with E-state index >= 15 is 0 Å². The lowest BCUT2D eigenvalue weighted by Gasteiger charge is -2.42. The first kappa shape index (κ1) is 23.2. The topological polar surface area (TPSA) is 36.3 Å². The lowest BCUT2D eigenvalue weighted by Crippen LogP contribution is -2.50. The SMILES string of the molecule is CC(C)[Si](Oc1ccc(-n2cc3ccc(OCC4CC4)c(Cl)c3n2)cc1)(C(C)C)C(C)C. The van der Waals surface area contributed by atoms with Crippen LogP contribution in [-0.4, -0.2) is 24.7 Å². The Morgan fingerprint density at radius 3 is 2.16 bits per heavy atom. The van der Waals surface area contributed by atoms with Crippen molar-refractivity contribution in [1.29, 1.82) is 0 Å². The second kappa shape index (κ2) is 9.10. The van der Waals surface area contributed by atoms with Gasteiger partial charge in [-0.15, -0.1) is 0 Å². The lowest BCUT2D eigenvalue weighted by atomic mass is 10.2. The van der Waals surface area contributed by atoms with Crippen LogP contribution in [0, 0.1) is 5.92 Å². The third kappa shape index (κ3) is 4.42. The van der Waals surface area contributed by atoms with E-state index in [0.717, 1.165) is 34.7 Å². The average Bonchev–Trinajstić information content (AvgIpc) is 3.47. The Balaban J connectivity index is 1.57. The third-order valence-electron chi connectivity index (χ3n) is 6.86. The molecule has 0 saturated heterocycles. The minimum Gasteiger partial charge on any atom is -0.543 e. The van der Waals surface area contributed by atoms with Crippen molar-refractivity contribution in [1.82, 2.24) is 9.78 Å². The van der Waals surface area contributed by atoms with Crippen LogP contribution in [0.25, 0.3) is 16.6 Å². The minimum absolute atomic E-state index is 0.539. The Hall–Kier alpha value is -1.98. The number of ether oxygens (including phenoxy) is 1. The predicted molar refractivity (Wildman–Crippen MR) is 136 cm³/mol. The zero-order valence-electron chi connectivity index (χ0n) is 20.1. The fourth-order valence-corrected chi connectivity index (χ4v) is 10.5. The summed E-state index contributed by atoms with van der Waals surface area (Å²) < 4.78 is 14.6. The van der Waals surface area contributed by atoms with Crippen molar-refractivity contribution < 1.29 is 9.16 Å². The fourth-order valence-electron chi connectivity index (χ4n) is 5.00. The summed E-state index contributed by atoms with van der Waals surface area (Å²) in [5.74, 6) is 2.35. The van der Waals surface area contributed by atoms with Gasteiger partial charge < -0.3 is 9.16 Å². The molecule has 0 unspecified atom stereocenters. The molecule has 0 amide bonds. The van der Waals surface area contributed by atoms with Gasteiger partial charge in [0.05, 0.1) is 12.3 Å². The molecule has 4 rings (SSSR count). The van der Waals surface area contributed by atoms with Crippen LogP contribution in [0.15, 0.2) is 42.6 Å². The monoisotopic (exact) mass is 470 g/mol. The molecular formula is C26H35ClN2O2Si. The van der Waals surface area contributed by atoms with Crippen molar-refractivity contribution in [2.75, 3.05) is 6.61 Å². The number of hydrogen-bond donors (Lipinski definition) is 0. The Labute approximate surface area is 198 Å². The summed E-state index contributed by atoms with van der Waals surface area (Å²) in [6.07, 6.45) is 4.52. The molecule has 0 aliphatic heterocycles. The van der Waals surface area contributed by atoms with Gasteiger partial charge in [0.1, 0.15) is 22.0 Å². The highest BCUT2D eigenvalue weighted by Gasteiger charge is 2.46. The standard InChI is InChI=1S/C26H35ClN2O2Si/c1-17(2)32(18(3)4,19(5)6)31-23-12-10-22(11-13-23)29-15-21-9-14-24(25(27)26(21)28-29)30-16-20-7-8-20/h9-15,17-20H,7-8,16H2,1-6H3. The molecule has 6 heteroatoms. The molecule has 0 bridgehead atoms. The van der Waals surface area contributed by atoms with Crippen LogP contribution in [0.4, 0.5) is 0 Å². The zero-order chi connectivity index (χ0) is 23.0. The normalized spacial score (nSPS) is 14.7. The molecular weight excluding hydrogens is 436 g/mol. The van der Waals surface area contributed by atoms with E-state index < -0.39 is 8.32 Å². The van der Waals surface area contributed by atoms with Crippen LogP contribution in [-0.2, 0) is 0 Å². The highest BCUT2D eigenvalue weighted by atomic mass is 35.5. The molecule has 1 saturated carbocycles. The molecule has 3 aromatic rings. The summed E-state index contributed by atoms with van der Waals surface area (Å²) >= 11 is 6.62. The molecule has 172 valence electrons. The summed E-state index contributed by atoms with van der Waals surface area (Å²) in [5, 5.41) is 6.33. The number of nitrogens with zero attached hydrogens (tertiary/aromatic N) is 2. The lowest BCUT2D eigenvalue weighted by molar-refractivity contribution is 0.300. The molecule has 1 aliphatic carbocycles. The van der Waals surface area contributed by atoms with Crippen LogP contribution in [0.3, 0.4) is 0 Å². The van der Waals surface area contributed by atoms with E-state index in [4.69, 9.17) is 25.9 Å². The van der Waals surface area contributed by atoms with Crippen LogP contribution >= 0.6 is 11.6 Å². The van der Waals surface area contributed by atoms with Crippen molar-refractivity contribution >= 4 is 30.8 Å². The maximum atomic E-state index is 6.79. The maximum Gasteiger partial charge on any atom is 0.258 e. The Bertz CT molecular complexity index is 1050. The molecule has 2 aromatic carbocycles. The van der Waals surface area contributed by atoms with E-state index in [1.807, 2.05) is 23.0 Å². The van der Waals surface area contributed by atoms with Gasteiger partial charge in [0.15, 0.2) is 0 Å². The molecule has 0 N–H and O–H groups in total. The third-order valence-corrected chi connectivity index (χ3v) is 13.2. The number of hydrogen-bond acceptors (Lipinski definition) is 3. The fraction of sp³-hybridized carbons (Fsp3) is 0.500. The van der Waals surface area contributed by atoms with Gasteiger partial charge in [-0.1, -0.05) is 53.1 Å². The highest BCUT2D eigenvalue weighted by molar-refractivity contribution is 6.78. The number of halogens is 1. The van der Waals surface area contributed by atoms with Gasteiger partial charge in [0, 0.05) is 11.6 Å². The van der Waals surface area contributed by atoms with Gasteiger partial charge in [-0.05, 0) is 71.8 Å². The molecule has 1 fully saturated rings. The summed E-state index contributed by atoms with van der Waals surface area (Å²) in [7, 11) is -1.97. The van der Waals surface area contributed by atoms with Crippen molar-refractivity contribution in [3.63, 3.8) is 0 Å².